The van der Waals surface area contributed by atoms with E-state index in [2.05, 4.69) is 0 Å². The normalized spacial score (nSPS) is 10.2. The Kier molecular flexibility index (Phi) is 3.79. The van der Waals surface area contributed by atoms with Gasteiger partial charge in [-0.25, -0.2) is 10.9 Å². The molecule has 5 heteroatoms. The number of anilines is 2. The highest BCUT2D eigenvalue weighted by atomic mass is 16.3. The lowest BCUT2D eigenvalue weighted by molar-refractivity contribution is 0.0984. The van der Waals surface area contributed by atoms with Crippen molar-refractivity contribution in [1.82, 2.24) is 0 Å². The van der Waals surface area contributed by atoms with Crippen LogP contribution in [0, 0.1) is 0 Å². The SMILES string of the molecule is Nc1ccc(N(N)C(=O)c2ccccc2CO)cc1. The topological polar surface area (TPSA) is 92.6 Å². The molecule has 0 saturated carbocycles. The van der Waals surface area contributed by atoms with E-state index in [0.29, 0.717) is 22.5 Å². The Hall–Kier alpha value is -2.37. The highest BCUT2D eigenvalue weighted by molar-refractivity contribution is 6.06. The molecule has 98 valence electrons. The molecule has 2 aromatic rings. The zero-order chi connectivity index (χ0) is 13.8. The number of hydrogen-bond acceptors (Lipinski definition) is 4. The monoisotopic (exact) mass is 257 g/mol. The van der Waals surface area contributed by atoms with Crippen molar-refractivity contribution in [2.75, 3.05) is 10.7 Å². The first-order valence-electron chi connectivity index (χ1n) is 5.77. The van der Waals surface area contributed by atoms with Gasteiger partial charge in [0.05, 0.1) is 12.3 Å². The zero-order valence-corrected chi connectivity index (χ0v) is 10.3. The first kappa shape index (κ1) is 13.1. The first-order chi connectivity index (χ1) is 9.13. The third-order valence-corrected chi connectivity index (χ3v) is 2.81. The summed E-state index contributed by atoms with van der Waals surface area (Å²) in [5, 5.41) is 10.3. The molecule has 0 aliphatic rings. The second-order valence-electron chi connectivity index (χ2n) is 4.08. The van der Waals surface area contributed by atoms with Crippen LogP contribution in [0.1, 0.15) is 15.9 Å². The van der Waals surface area contributed by atoms with Gasteiger partial charge in [-0.2, -0.15) is 0 Å². The summed E-state index contributed by atoms with van der Waals surface area (Å²) in [7, 11) is 0. The van der Waals surface area contributed by atoms with Gasteiger partial charge in [0.25, 0.3) is 5.91 Å². The molecule has 0 saturated heterocycles. The Morgan fingerprint density at radius 3 is 2.37 bits per heavy atom. The van der Waals surface area contributed by atoms with Gasteiger partial charge >= 0.3 is 0 Å². The molecule has 0 radical (unpaired) electrons. The molecule has 2 aromatic carbocycles. The Balaban J connectivity index is 2.30. The summed E-state index contributed by atoms with van der Waals surface area (Å²) in [5.74, 6) is 5.43. The van der Waals surface area contributed by atoms with E-state index in [1.54, 1.807) is 48.5 Å². The highest BCUT2D eigenvalue weighted by Gasteiger charge is 2.16. The molecule has 0 bridgehead atoms. The fourth-order valence-electron chi connectivity index (χ4n) is 1.75. The Morgan fingerprint density at radius 2 is 1.74 bits per heavy atom. The lowest BCUT2D eigenvalue weighted by Crippen LogP contribution is -2.38. The third kappa shape index (κ3) is 2.73. The van der Waals surface area contributed by atoms with Gasteiger partial charge in [0.2, 0.25) is 0 Å². The average Bonchev–Trinajstić information content (AvgIpc) is 2.46. The number of amides is 1. The van der Waals surface area contributed by atoms with Crippen LogP contribution in [0.2, 0.25) is 0 Å². The molecule has 19 heavy (non-hydrogen) atoms. The fraction of sp³-hybridized carbons (Fsp3) is 0.0714. The van der Waals surface area contributed by atoms with E-state index < -0.39 is 0 Å². The molecule has 0 unspecified atom stereocenters. The van der Waals surface area contributed by atoms with Crippen LogP contribution < -0.4 is 16.6 Å². The lowest BCUT2D eigenvalue weighted by Gasteiger charge is -2.18. The number of aliphatic hydroxyl groups is 1. The number of aliphatic hydroxyl groups excluding tert-OH is 1. The van der Waals surface area contributed by atoms with Crippen molar-refractivity contribution in [2.45, 2.75) is 6.61 Å². The van der Waals surface area contributed by atoms with Crippen LogP contribution in [-0.2, 0) is 6.61 Å². The predicted octanol–water partition coefficient (Wildman–Crippen LogP) is 1.28. The number of benzene rings is 2. The van der Waals surface area contributed by atoms with Crippen molar-refractivity contribution in [3.63, 3.8) is 0 Å². The van der Waals surface area contributed by atoms with Crippen LogP contribution in [0.5, 0.6) is 0 Å². The van der Waals surface area contributed by atoms with E-state index in [1.807, 2.05) is 0 Å². The maximum Gasteiger partial charge on any atom is 0.272 e. The second-order valence-corrected chi connectivity index (χ2v) is 4.08. The third-order valence-electron chi connectivity index (χ3n) is 2.81. The van der Waals surface area contributed by atoms with Crippen LogP contribution >= 0.6 is 0 Å². The van der Waals surface area contributed by atoms with Crippen molar-refractivity contribution in [2.24, 2.45) is 5.84 Å². The van der Waals surface area contributed by atoms with Gasteiger partial charge in [-0.05, 0) is 35.9 Å². The van der Waals surface area contributed by atoms with Crippen LogP contribution in [-0.4, -0.2) is 11.0 Å². The molecule has 0 aliphatic heterocycles. The minimum atomic E-state index is -0.380. The molecule has 0 fully saturated rings. The molecule has 2 rings (SSSR count). The van der Waals surface area contributed by atoms with Gasteiger partial charge < -0.3 is 10.8 Å². The van der Waals surface area contributed by atoms with E-state index in [9.17, 15) is 9.90 Å². The minimum Gasteiger partial charge on any atom is -0.399 e. The largest absolute Gasteiger partial charge is 0.399 e. The Morgan fingerprint density at radius 1 is 1.11 bits per heavy atom. The second kappa shape index (κ2) is 5.51. The number of rotatable bonds is 3. The molecular formula is C14H15N3O2. The molecule has 0 heterocycles. The average molecular weight is 257 g/mol. The summed E-state index contributed by atoms with van der Waals surface area (Å²) in [5.41, 5.74) is 7.63. The highest BCUT2D eigenvalue weighted by Crippen LogP contribution is 2.17. The van der Waals surface area contributed by atoms with Crippen LogP contribution in [0.25, 0.3) is 0 Å². The number of nitrogen functional groups attached to an aromatic ring is 1. The smallest absolute Gasteiger partial charge is 0.272 e. The molecule has 1 amide bonds. The van der Waals surface area contributed by atoms with Gasteiger partial charge in [0.15, 0.2) is 0 Å². The van der Waals surface area contributed by atoms with Crippen LogP contribution in [0.15, 0.2) is 48.5 Å². The quantitative estimate of drug-likeness (QED) is 0.334. The van der Waals surface area contributed by atoms with Crippen LogP contribution in [0.4, 0.5) is 11.4 Å². The molecule has 5 N–H and O–H groups in total. The van der Waals surface area contributed by atoms with Gasteiger partial charge in [0, 0.05) is 11.3 Å². The molecule has 0 atom stereocenters. The van der Waals surface area contributed by atoms with Crippen LogP contribution in [0.3, 0.4) is 0 Å². The number of hydrazine groups is 1. The number of nitrogens with zero attached hydrogens (tertiary/aromatic N) is 1. The molecule has 0 aromatic heterocycles. The number of carbonyl (C=O) groups is 1. The summed E-state index contributed by atoms with van der Waals surface area (Å²) in [6.07, 6.45) is 0. The van der Waals surface area contributed by atoms with Gasteiger partial charge in [-0.15, -0.1) is 0 Å². The number of hydrogen-bond donors (Lipinski definition) is 3. The van der Waals surface area contributed by atoms with E-state index >= 15 is 0 Å². The summed E-state index contributed by atoms with van der Waals surface area (Å²) < 4.78 is 0. The van der Waals surface area contributed by atoms with E-state index in [4.69, 9.17) is 11.6 Å². The van der Waals surface area contributed by atoms with Crippen molar-refractivity contribution >= 4 is 17.3 Å². The van der Waals surface area contributed by atoms with E-state index in [-0.39, 0.29) is 12.5 Å². The maximum absolute atomic E-state index is 12.3. The van der Waals surface area contributed by atoms with Gasteiger partial charge in [-0.3, -0.25) is 4.79 Å². The Bertz CT molecular complexity index is 581. The van der Waals surface area contributed by atoms with Crippen molar-refractivity contribution in [3.05, 3.63) is 59.7 Å². The fourth-order valence-corrected chi connectivity index (χ4v) is 1.75. The standard InChI is InChI=1S/C14H15N3O2/c15-11-5-7-12(8-6-11)17(16)14(19)13-4-2-1-3-10(13)9-18/h1-8,18H,9,15-16H2. The van der Waals surface area contributed by atoms with E-state index in [0.717, 1.165) is 5.01 Å². The number of carbonyl (C=O) groups excluding carboxylic acids is 1. The van der Waals surface area contributed by atoms with Crippen molar-refractivity contribution < 1.29 is 9.90 Å². The molecule has 0 spiro atoms. The molecular weight excluding hydrogens is 242 g/mol. The van der Waals surface area contributed by atoms with Gasteiger partial charge in [-0.1, -0.05) is 18.2 Å². The summed E-state index contributed by atoms with van der Waals surface area (Å²) in [6.45, 7) is -0.211. The van der Waals surface area contributed by atoms with Crippen molar-refractivity contribution in [1.29, 1.82) is 0 Å². The summed E-state index contributed by atoms with van der Waals surface area (Å²) >= 11 is 0. The molecule has 0 aliphatic carbocycles. The maximum atomic E-state index is 12.3. The lowest BCUT2D eigenvalue weighted by atomic mass is 10.1. The van der Waals surface area contributed by atoms with Gasteiger partial charge in [0.1, 0.15) is 0 Å². The van der Waals surface area contributed by atoms with E-state index in [1.165, 1.54) is 0 Å². The predicted molar refractivity (Wildman–Crippen MR) is 74.2 cm³/mol. The first-order valence-corrected chi connectivity index (χ1v) is 5.77. The Labute approximate surface area is 111 Å². The summed E-state index contributed by atoms with van der Waals surface area (Å²) in [6, 6.07) is 13.5. The van der Waals surface area contributed by atoms with Crippen molar-refractivity contribution in [3.8, 4) is 0 Å². The number of nitrogens with two attached hydrogens (primary N) is 2. The molecule has 5 nitrogen and oxygen atoms in total. The zero-order valence-electron chi connectivity index (χ0n) is 10.3. The summed E-state index contributed by atoms with van der Waals surface area (Å²) in [4.78, 5) is 12.3. The minimum absolute atomic E-state index is 0.211.